The van der Waals surface area contributed by atoms with Gasteiger partial charge in [-0.25, -0.2) is 15.0 Å². The van der Waals surface area contributed by atoms with E-state index in [9.17, 15) is 0 Å². The van der Waals surface area contributed by atoms with E-state index in [0.29, 0.717) is 17.5 Å². The fourth-order valence-electron chi connectivity index (χ4n) is 11.0. The first-order valence-electron chi connectivity index (χ1n) is 23.6. The number of rotatable bonds is 5. The lowest BCUT2D eigenvalue weighted by atomic mass is 9.93. The van der Waals surface area contributed by atoms with E-state index in [1.54, 1.807) is 0 Å². The van der Waals surface area contributed by atoms with Gasteiger partial charge in [-0.05, 0) is 98.8 Å². The Morgan fingerprint density at radius 3 is 1.78 bits per heavy atom. The predicted molar refractivity (Wildman–Crippen MR) is 295 cm³/mol. The van der Waals surface area contributed by atoms with Gasteiger partial charge in [0.05, 0.1) is 20.4 Å². The summed E-state index contributed by atoms with van der Waals surface area (Å²) in [7, 11) is 0. The molecular weight excluding hydrogens is 877 g/mol. The molecule has 10 aromatic carbocycles. The monoisotopic (exact) mass is 914 g/mol. The van der Waals surface area contributed by atoms with E-state index < -0.39 is 0 Å². The molecule has 0 amide bonds. The molecule has 6 heteroatoms. The van der Waals surface area contributed by atoms with Crippen molar-refractivity contribution < 1.29 is 0 Å². The summed E-state index contributed by atoms with van der Waals surface area (Å²) in [5.74, 6) is 2.05. The van der Waals surface area contributed by atoms with Crippen molar-refractivity contribution in [2.75, 3.05) is 0 Å². The third-order valence-electron chi connectivity index (χ3n) is 14.3. The molecule has 322 valence electrons. The Labute approximate surface area is 404 Å². The Kier molecular flexibility index (Phi) is 8.49. The highest BCUT2D eigenvalue weighted by molar-refractivity contribution is 7.33. The maximum atomic E-state index is 5.11. The molecule has 0 aliphatic heterocycles. The van der Waals surface area contributed by atoms with E-state index in [1.807, 2.05) is 40.9 Å². The van der Waals surface area contributed by atoms with Crippen molar-refractivity contribution in [3.05, 3.63) is 212 Å². The average Bonchev–Trinajstić information content (AvgIpc) is 4.11. The first-order valence-corrected chi connectivity index (χ1v) is 25.2. The smallest absolute Gasteiger partial charge is 0.164 e. The molecule has 15 rings (SSSR count). The topological polar surface area (TPSA) is 43.6 Å². The van der Waals surface area contributed by atoms with Gasteiger partial charge in [0.2, 0.25) is 0 Å². The number of hydrogen-bond acceptors (Lipinski definition) is 5. The summed E-state index contributed by atoms with van der Waals surface area (Å²) in [4.78, 5) is 15.2. The van der Waals surface area contributed by atoms with E-state index in [-0.39, 0.29) is 0 Å². The number of nitrogens with zero attached hydrogens (tertiary/aromatic N) is 4. The molecule has 0 atom stereocenters. The van der Waals surface area contributed by atoms with Crippen molar-refractivity contribution in [3.63, 3.8) is 0 Å². The second kappa shape index (κ2) is 15.1. The largest absolute Gasteiger partial charge is 0.309 e. The Balaban J connectivity index is 0.878. The molecular formula is C63H38N4S2. The fraction of sp³-hybridized carbons (Fsp3) is 0.0317. The van der Waals surface area contributed by atoms with Gasteiger partial charge < -0.3 is 4.57 Å². The standard InChI is InChI=1S/C63H38N4S2/c1-3-14-37(15-4-1)61-64-62(38-16-5-2-6-17-38)66-63(65-61)40-26-29-45-46-30-28-41(36-53(46)44-19-8-7-18-43(44)52(45)35-40)67-55-24-11-9-20-47(55)54-34-39(27-33-56(54)67)42-22-13-23-49-51-32-31-50-48-21-10-12-25-57(48)68-59(50)60(51)69-58(42)49/h1,3-5,7-36H,2,6H2. The normalized spacial score (nSPS) is 13.1. The van der Waals surface area contributed by atoms with E-state index in [1.165, 1.54) is 106 Å². The zero-order valence-electron chi connectivity index (χ0n) is 37.1. The van der Waals surface area contributed by atoms with Crippen LogP contribution < -0.4 is 0 Å². The molecule has 1 aliphatic carbocycles. The van der Waals surface area contributed by atoms with Crippen LogP contribution in [0.1, 0.15) is 18.7 Å². The summed E-state index contributed by atoms with van der Waals surface area (Å²) in [5, 5.41) is 15.1. The van der Waals surface area contributed by atoms with Gasteiger partial charge in [0.15, 0.2) is 17.5 Å². The van der Waals surface area contributed by atoms with E-state index in [4.69, 9.17) is 15.0 Å². The fourth-order valence-corrected chi connectivity index (χ4v) is 13.7. The number of hydrogen-bond donors (Lipinski definition) is 0. The van der Waals surface area contributed by atoms with Crippen LogP contribution in [-0.4, -0.2) is 19.5 Å². The van der Waals surface area contributed by atoms with Crippen LogP contribution in [-0.2, 0) is 0 Å². The highest BCUT2D eigenvalue weighted by Gasteiger charge is 2.20. The Morgan fingerprint density at radius 1 is 0.362 bits per heavy atom. The first-order chi connectivity index (χ1) is 34.2. The molecule has 1 aliphatic rings. The maximum Gasteiger partial charge on any atom is 0.164 e. The van der Waals surface area contributed by atoms with Gasteiger partial charge >= 0.3 is 0 Å². The van der Waals surface area contributed by atoms with Crippen molar-refractivity contribution in [3.8, 4) is 39.6 Å². The lowest BCUT2D eigenvalue weighted by molar-refractivity contribution is 1.01. The summed E-state index contributed by atoms with van der Waals surface area (Å²) in [6.07, 6.45) is 8.58. The third kappa shape index (κ3) is 5.96. The summed E-state index contributed by atoms with van der Waals surface area (Å²) >= 11 is 3.85. The van der Waals surface area contributed by atoms with Gasteiger partial charge in [-0.3, -0.25) is 0 Å². The molecule has 0 radical (unpaired) electrons. The highest BCUT2D eigenvalue weighted by Crippen LogP contribution is 2.48. The average molecular weight is 915 g/mol. The molecule has 0 N–H and O–H groups in total. The summed E-state index contributed by atoms with van der Waals surface area (Å²) in [5.41, 5.74) is 9.01. The molecule has 14 aromatic rings. The minimum absolute atomic E-state index is 0.670. The molecule has 4 aromatic heterocycles. The van der Waals surface area contributed by atoms with E-state index in [0.717, 1.165) is 35.2 Å². The van der Waals surface area contributed by atoms with Crippen molar-refractivity contribution in [2.24, 2.45) is 0 Å². The summed E-state index contributed by atoms with van der Waals surface area (Å²) in [6.45, 7) is 0. The predicted octanol–water partition coefficient (Wildman–Crippen LogP) is 17.9. The van der Waals surface area contributed by atoms with Crippen LogP contribution in [0, 0.1) is 0 Å². The third-order valence-corrected chi connectivity index (χ3v) is 16.9. The minimum atomic E-state index is 0.670. The zero-order chi connectivity index (χ0) is 45.2. The molecule has 0 bridgehead atoms. The number of aromatic nitrogens is 4. The highest BCUT2D eigenvalue weighted by atomic mass is 32.1. The minimum Gasteiger partial charge on any atom is -0.309 e. The van der Waals surface area contributed by atoms with Gasteiger partial charge in [0, 0.05) is 64.1 Å². The van der Waals surface area contributed by atoms with Gasteiger partial charge in [-0.15, -0.1) is 22.7 Å². The van der Waals surface area contributed by atoms with E-state index in [2.05, 4.69) is 193 Å². The lowest BCUT2D eigenvalue weighted by Crippen LogP contribution is -2.03. The molecule has 0 spiro atoms. The van der Waals surface area contributed by atoms with Gasteiger partial charge in [-0.2, -0.15) is 0 Å². The van der Waals surface area contributed by atoms with Crippen molar-refractivity contribution >= 4 is 123 Å². The maximum absolute atomic E-state index is 5.11. The molecule has 69 heavy (non-hydrogen) atoms. The first kappa shape index (κ1) is 38.8. The van der Waals surface area contributed by atoms with Gasteiger partial charge in [-0.1, -0.05) is 164 Å². The van der Waals surface area contributed by atoms with Crippen LogP contribution in [0.4, 0.5) is 0 Å². The number of thiophene rings is 2. The Bertz CT molecular complexity index is 4530. The van der Waals surface area contributed by atoms with Crippen LogP contribution in [0.15, 0.2) is 206 Å². The number of benzene rings is 10. The number of allylic oxidation sites excluding steroid dienone is 4. The Morgan fingerprint density at radius 2 is 0.957 bits per heavy atom. The number of fused-ring (bicyclic) bond motifs is 16. The second-order valence-corrected chi connectivity index (χ2v) is 20.2. The van der Waals surface area contributed by atoms with Crippen molar-refractivity contribution in [1.82, 2.24) is 19.5 Å². The van der Waals surface area contributed by atoms with Crippen LogP contribution in [0.5, 0.6) is 0 Å². The quantitative estimate of drug-likeness (QED) is 0.162. The van der Waals surface area contributed by atoms with Crippen LogP contribution in [0.3, 0.4) is 0 Å². The molecule has 0 fully saturated rings. The van der Waals surface area contributed by atoms with E-state index >= 15 is 0 Å². The lowest BCUT2D eigenvalue weighted by Gasteiger charge is -2.15. The van der Waals surface area contributed by atoms with Crippen molar-refractivity contribution in [1.29, 1.82) is 0 Å². The van der Waals surface area contributed by atoms with Crippen LogP contribution in [0.2, 0.25) is 0 Å². The molecule has 0 unspecified atom stereocenters. The molecule has 0 saturated heterocycles. The summed E-state index contributed by atoms with van der Waals surface area (Å²) in [6, 6.07) is 69.0. The van der Waals surface area contributed by atoms with Crippen LogP contribution in [0.25, 0.3) is 140 Å². The van der Waals surface area contributed by atoms with Crippen molar-refractivity contribution in [2.45, 2.75) is 12.8 Å². The van der Waals surface area contributed by atoms with Crippen LogP contribution >= 0.6 is 22.7 Å². The number of para-hydroxylation sites is 1. The second-order valence-electron chi connectivity index (χ2n) is 18.1. The Hall–Kier alpha value is -8.29. The molecule has 4 nitrogen and oxygen atoms in total. The van der Waals surface area contributed by atoms with Gasteiger partial charge in [0.25, 0.3) is 0 Å². The van der Waals surface area contributed by atoms with Gasteiger partial charge in [0.1, 0.15) is 0 Å². The molecule has 0 saturated carbocycles. The zero-order valence-corrected chi connectivity index (χ0v) is 38.8. The summed E-state index contributed by atoms with van der Waals surface area (Å²) < 4.78 is 7.90. The SMILES string of the molecule is C1=CC(c2nc(-c3ccccc3)nc(-c3ccc4c5ccc(-n6c7ccccc7c7cc(-c8cccc9c8sc8c9ccc9c%10ccccc%10sc98)ccc76)cc5c5ccccc5c4c3)n2)=CCC1. The molecule has 4 heterocycles.